The molecule has 0 unspecified atom stereocenters. The third-order valence-corrected chi connectivity index (χ3v) is 8.78. The summed E-state index contributed by atoms with van der Waals surface area (Å²) in [7, 11) is -7.35. The molecule has 2 atom stereocenters. The highest BCUT2D eigenvalue weighted by atomic mass is 35.5. The lowest BCUT2D eigenvalue weighted by Crippen LogP contribution is -2.27. The molecule has 0 aromatic heterocycles. The van der Waals surface area contributed by atoms with Crippen molar-refractivity contribution in [1.82, 2.24) is 0 Å². The first-order valence-electron chi connectivity index (χ1n) is 9.62. The summed E-state index contributed by atoms with van der Waals surface area (Å²) in [6, 6.07) is 7.70. The minimum absolute atomic E-state index is 0.0221. The van der Waals surface area contributed by atoms with Crippen LogP contribution >= 0.6 is 34.8 Å². The summed E-state index contributed by atoms with van der Waals surface area (Å²) < 4.78 is 59.7. The SMILES string of the molecule is CCS(=O)(=O)C[C@H](O)COc1ccc(S(=O)(=O)c2cc(Cl)c(OC[C@H](O)CCl)c(Cl)c2)cc1. The molecule has 0 radical (unpaired) electrons. The number of alkyl halides is 1. The van der Waals surface area contributed by atoms with Crippen molar-refractivity contribution in [2.75, 3.05) is 30.6 Å². The molecule has 2 aromatic carbocycles. The molecule has 13 heteroatoms. The second kappa shape index (κ2) is 11.9. The number of aliphatic hydroxyl groups excluding tert-OH is 2. The minimum Gasteiger partial charge on any atom is -0.491 e. The molecule has 2 aromatic rings. The van der Waals surface area contributed by atoms with Crippen LogP contribution in [0.2, 0.25) is 10.0 Å². The number of sulfone groups is 2. The standard InChI is InChI=1S/C20H23Cl3O8S2/c1-2-32(26,27)12-14(25)11-30-15-3-5-16(6-4-15)33(28,29)17-7-18(22)20(19(23)8-17)31-10-13(24)9-21/h3-8,13-14,24-25H,2,9-12H2,1H3/t13-,14-/m1/s1. The van der Waals surface area contributed by atoms with Crippen LogP contribution in [0.15, 0.2) is 46.2 Å². The molecule has 33 heavy (non-hydrogen) atoms. The van der Waals surface area contributed by atoms with Gasteiger partial charge in [0, 0.05) is 5.75 Å². The normalized spacial score (nSPS) is 14.0. The third-order valence-electron chi connectivity index (χ3n) is 4.34. The van der Waals surface area contributed by atoms with Crippen molar-refractivity contribution >= 4 is 54.5 Å². The van der Waals surface area contributed by atoms with Crippen LogP contribution in [-0.2, 0) is 19.7 Å². The van der Waals surface area contributed by atoms with E-state index in [0.717, 1.165) is 0 Å². The van der Waals surface area contributed by atoms with Gasteiger partial charge in [-0.2, -0.15) is 0 Å². The lowest BCUT2D eigenvalue weighted by Gasteiger charge is -2.14. The molecule has 0 aliphatic heterocycles. The first-order chi connectivity index (χ1) is 15.4. The number of halogens is 3. The molecule has 0 spiro atoms. The van der Waals surface area contributed by atoms with Crippen LogP contribution in [0.1, 0.15) is 6.92 Å². The molecule has 0 heterocycles. The Morgan fingerprint density at radius 1 is 0.879 bits per heavy atom. The van der Waals surface area contributed by atoms with Gasteiger partial charge in [-0.3, -0.25) is 0 Å². The number of hydrogen-bond donors (Lipinski definition) is 2. The topological polar surface area (TPSA) is 127 Å². The zero-order chi connectivity index (χ0) is 24.8. The minimum atomic E-state index is -3.99. The maximum atomic E-state index is 13.0. The van der Waals surface area contributed by atoms with Crippen molar-refractivity contribution in [2.45, 2.75) is 28.9 Å². The summed E-state index contributed by atoms with van der Waals surface area (Å²) in [4.78, 5) is -0.237. The van der Waals surface area contributed by atoms with E-state index >= 15 is 0 Å². The molecule has 2 N–H and O–H groups in total. The predicted molar refractivity (Wildman–Crippen MR) is 126 cm³/mol. The van der Waals surface area contributed by atoms with Gasteiger partial charge in [-0.1, -0.05) is 30.1 Å². The smallest absolute Gasteiger partial charge is 0.206 e. The van der Waals surface area contributed by atoms with Gasteiger partial charge in [-0.25, -0.2) is 16.8 Å². The van der Waals surface area contributed by atoms with Gasteiger partial charge in [0.25, 0.3) is 0 Å². The van der Waals surface area contributed by atoms with Gasteiger partial charge in [0.15, 0.2) is 15.6 Å². The van der Waals surface area contributed by atoms with Crippen molar-refractivity contribution in [3.63, 3.8) is 0 Å². The Hall–Kier alpha value is -1.27. The van der Waals surface area contributed by atoms with E-state index in [1.807, 2.05) is 0 Å². The van der Waals surface area contributed by atoms with Gasteiger partial charge in [0.05, 0.1) is 31.5 Å². The zero-order valence-corrected chi connectivity index (χ0v) is 21.3. The van der Waals surface area contributed by atoms with Crippen LogP contribution in [0.25, 0.3) is 0 Å². The summed E-state index contributed by atoms with van der Waals surface area (Å²) in [5, 5.41) is 19.2. The van der Waals surface area contributed by atoms with Gasteiger partial charge in [0.2, 0.25) is 9.84 Å². The quantitative estimate of drug-likeness (QED) is 0.379. The number of benzene rings is 2. The first-order valence-corrected chi connectivity index (χ1v) is 14.2. The molecule has 0 bridgehead atoms. The number of hydrogen-bond acceptors (Lipinski definition) is 8. The van der Waals surface area contributed by atoms with Crippen LogP contribution in [-0.4, -0.2) is 69.9 Å². The Balaban J connectivity index is 2.14. The summed E-state index contributed by atoms with van der Waals surface area (Å²) in [6.07, 6.45) is -2.16. The van der Waals surface area contributed by atoms with E-state index in [1.165, 1.54) is 43.3 Å². The third kappa shape index (κ3) is 7.88. The first kappa shape index (κ1) is 28.0. The van der Waals surface area contributed by atoms with Crippen LogP contribution in [0.4, 0.5) is 0 Å². The van der Waals surface area contributed by atoms with Crippen molar-refractivity contribution in [1.29, 1.82) is 0 Å². The Morgan fingerprint density at radius 2 is 1.42 bits per heavy atom. The van der Waals surface area contributed by atoms with E-state index in [2.05, 4.69) is 0 Å². The fourth-order valence-electron chi connectivity index (χ4n) is 2.56. The predicted octanol–water partition coefficient (Wildman–Crippen LogP) is 2.98. The van der Waals surface area contributed by atoms with Crippen LogP contribution in [0, 0.1) is 0 Å². The van der Waals surface area contributed by atoms with Gasteiger partial charge in [0.1, 0.15) is 31.2 Å². The summed E-state index contributed by atoms with van der Waals surface area (Å²) in [5.74, 6) is -0.304. The van der Waals surface area contributed by atoms with Crippen molar-refractivity contribution < 1.29 is 36.5 Å². The molecule has 8 nitrogen and oxygen atoms in total. The van der Waals surface area contributed by atoms with Gasteiger partial charge < -0.3 is 19.7 Å². The van der Waals surface area contributed by atoms with Crippen LogP contribution in [0.3, 0.4) is 0 Å². The molecular formula is C20H23Cl3O8S2. The molecule has 0 fully saturated rings. The number of ether oxygens (including phenoxy) is 2. The van der Waals surface area contributed by atoms with Gasteiger partial charge in [-0.15, -0.1) is 11.6 Å². The molecule has 2 rings (SSSR count). The highest BCUT2D eigenvalue weighted by molar-refractivity contribution is 7.91. The summed E-state index contributed by atoms with van der Waals surface area (Å²) >= 11 is 17.8. The molecular weight excluding hydrogens is 539 g/mol. The van der Waals surface area contributed by atoms with E-state index in [9.17, 15) is 27.0 Å². The average molecular weight is 562 g/mol. The second-order valence-electron chi connectivity index (χ2n) is 6.97. The van der Waals surface area contributed by atoms with E-state index in [-0.39, 0.29) is 56.2 Å². The maximum absolute atomic E-state index is 13.0. The van der Waals surface area contributed by atoms with E-state index in [0.29, 0.717) is 0 Å². The summed E-state index contributed by atoms with van der Waals surface area (Å²) in [6.45, 7) is 1.04. The molecule has 0 saturated carbocycles. The van der Waals surface area contributed by atoms with Crippen molar-refractivity contribution in [3.8, 4) is 11.5 Å². The average Bonchev–Trinajstić information content (AvgIpc) is 2.76. The van der Waals surface area contributed by atoms with E-state index < -0.39 is 37.6 Å². The number of aliphatic hydroxyl groups is 2. The molecule has 0 saturated heterocycles. The Morgan fingerprint density at radius 3 is 1.94 bits per heavy atom. The Labute approximate surface area is 207 Å². The molecule has 184 valence electrons. The maximum Gasteiger partial charge on any atom is 0.206 e. The molecule has 0 aliphatic rings. The monoisotopic (exact) mass is 560 g/mol. The van der Waals surface area contributed by atoms with Crippen molar-refractivity contribution in [2.24, 2.45) is 0 Å². The fourth-order valence-corrected chi connectivity index (χ4v) is 5.60. The largest absolute Gasteiger partial charge is 0.491 e. The van der Waals surface area contributed by atoms with Crippen molar-refractivity contribution in [3.05, 3.63) is 46.4 Å². The molecule has 0 aliphatic carbocycles. The lowest BCUT2D eigenvalue weighted by molar-refractivity contribution is 0.125. The highest BCUT2D eigenvalue weighted by Crippen LogP contribution is 2.37. The Bertz CT molecular complexity index is 1130. The van der Waals surface area contributed by atoms with E-state index in [4.69, 9.17) is 44.3 Å². The van der Waals surface area contributed by atoms with E-state index in [1.54, 1.807) is 0 Å². The van der Waals surface area contributed by atoms with Crippen LogP contribution in [0.5, 0.6) is 11.5 Å². The Kier molecular flexibility index (Phi) is 10.1. The van der Waals surface area contributed by atoms with Gasteiger partial charge in [-0.05, 0) is 36.4 Å². The number of rotatable bonds is 12. The highest BCUT2D eigenvalue weighted by Gasteiger charge is 2.22. The van der Waals surface area contributed by atoms with Gasteiger partial charge >= 0.3 is 0 Å². The summed E-state index contributed by atoms with van der Waals surface area (Å²) in [5.41, 5.74) is 0. The second-order valence-corrected chi connectivity index (χ2v) is 12.4. The fraction of sp³-hybridized carbons (Fsp3) is 0.400. The lowest BCUT2D eigenvalue weighted by atomic mass is 10.3. The molecule has 0 amide bonds. The van der Waals surface area contributed by atoms with Crippen LogP contribution < -0.4 is 9.47 Å². The zero-order valence-electron chi connectivity index (χ0n) is 17.4.